The number of nitrogens with one attached hydrogen (secondary N) is 1. The smallest absolute Gasteiger partial charge is 0.272 e. The molecule has 3 aromatic carbocycles. The first-order chi connectivity index (χ1) is 15.0. The number of benzodiazepines with no additional fused rings is 1. The molecule has 5 nitrogen and oxygen atoms in total. The Hall–Kier alpha value is -3.44. The van der Waals surface area contributed by atoms with Crippen molar-refractivity contribution in [3.63, 3.8) is 0 Å². The maximum absolute atomic E-state index is 13.5. The minimum atomic E-state index is -1.07. The van der Waals surface area contributed by atoms with Crippen LogP contribution in [-0.4, -0.2) is 29.7 Å². The van der Waals surface area contributed by atoms with Crippen LogP contribution in [0.5, 0.6) is 0 Å². The summed E-state index contributed by atoms with van der Waals surface area (Å²) in [6.07, 6.45) is -1.07. The van der Waals surface area contributed by atoms with E-state index in [-0.39, 0.29) is 11.9 Å². The third kappa shape index (κ3) is 4.23. The third-order valence-corrected chi connectivity index (χ3v) is 5.30. The van der Waals surface area contributed by atoms with Gasteiger partial charge in [-0.2, -0.15) is 0 Å². The molecule has 1 aliphatic rings. The fourth-order valence-corrected chi connectivity index (χ4v) is 3.87. The molecule has 0 radical (unpaired) electrons. The van der Waals surface area contributed by atoms with E-state index < -0.39 is 12.1 Å². The number of rotatable bonds is 4. The van der Waals surface area contributed by atoms with Gasteiger partial charge in [-0.25, -0.2) is 4.99 Å². The molecule has 156 valence electrons. The SMILES string of the molecule is CC(C)N1C(=O)[C@H](NC(=O)c2cccc(Cl)c2)N=C(c2ccccc2)c2ccccc21. The van der Waals surface area contributed by atoms with E-state index in [1.54, 1.807) is 29.2 Å². The number of benzene rings is 3. The van der Waals surface area contributed by atoms with Crippen molar-refractivity contribution in [2.24, 2.45) is 4.99 Å². The Morgan fingerprint density at radius 2 is 1.71 bits per heavy atom. The van der Waals surface area contributed by atoms with Crippen molar-refractivity contribution in [3.8, 4) is 0 Å². The van der Waals surface area contributed by atoms with E-state index in [1.165, 1.54) is 0 Å². The number of nitrogens with zero attached hydrogens (tertiary/aromatic N) is 2. The highest BCUT2D eigenvalue weighted by molar-refractivity contribution is 6.31. The van der Waals surface area contributed by atoms with Gasteiger partial charge in [0.2, 0.25) is 6.17 Å². The molecular formula is C25H22ClN3O2. The second-order valence-corrected chi connectivity index (χ2v) is 7.99. The first-order valence-corrected chi connectivity index (χ1v) is 10.5. The van der Waals surface area contributed by atoms with Crippen LogP contribution >= 0.6 is 11.6 Å². The Balaban J connectivity index is 1.82. The van der Waals surface area contributed by atoms with E-state index in [9.17, 15) is 9.59 Å². The largest absolute Gasteiger partial charge is 0.322 e. The van der Waals surface area contributed by atoms with Crippen LogP contribution in [0.3, 0.4) is 0 Å². The number of hydrogen-bond donors (Lipinski definition) is 1. The summed E-state index contributed by atoms with van der Waals surface area (Å²) in [6.45, 7) is 3.89. The van der Waals surface area contributed by atoms with Crippen molar-refractivity contribution >= 4 is 34.8 Å². The molecule has 1 aliphatic heterocycles. The molecule has 4 rings (SSSR count). The van der Waals surface area contributed by atoms with Gasteiger partial charge in [0.15, 0.2) is 0 Å². The minimum Gasteiger partial charge on any atom is -0.322 e. The first kappa shape index (κ1) is 20.8. The van der Waals surface area contributed by atoms with E-state index in [1.807, 2.05) is 68.4 Å². The average Bonchev–Trinajstić information content (AvgIpc) is 2.89. The molecule has 2 amide bonds. The normalized spacial score (nSPS) is 15.9. The summed E-state index contributed by atoms with van der Waals surface area (Å²) in [7, 11) is 0. The number of amides is 2. The van der Waals surface area contributed by atoms with Gasteiger partial charge >= 0.3 is 0 Å². The van der Waals surface area contributed by atoms with Crippen molar-refractivity contribution < 1.29 is 9.59 Å². The molecule has 0 saturated carbocycles. The Kier molecular flexibility index (Phi) is 5.87. The Morgan fingerprint density at radius 3 is 2.42 bits per heavy atom. The molecule has 6 heteroatoms. The molecule has 0 saturated heterocycles. The Labute approximate surface area is 186 Å². The Bertz CT molecular complexity index is 1160. The van der Waals surface area contributed by atoms with E-state index >= 15 is 0 Å². The van der Waals surface area contributed by atoms with Gasteiger partial charge in [-0.1, -0.05) is 66.2 Å². The van der Waals surface area contributed by atoms with Gasteiger partial charge in [-0.05, 0) is 38.1 Å². The lowest BCUT2D eigenvalue weighted by atomic mass is 10.00. The molecule has 0 bridgehead atoms. The molecule has 1 heterocycles. The highest BCUT2D eigenvalue weighted by Crippen LogP contribution is 2.29. The summed E-state index contributed by atoms with van der Waals surface area (Å²) in [5.41, 5.74) is 3.51. The van der Waals surface area contributed by atoms with Crippen LogP contribution in [0.2, 0.25) is 5.02 Å². The number of para-hydroxylation sites is 1. The topological polar surface area (TPSA) is 61.8 Å². The molecule has 3 aromatic rings. The molecular weight excluding hydrogens is 410 g/mol. The van der Waals surface area contributed by atoms with Crippen molar-refractivity contribution in [1.29, 1.82) is 0 Å². The summed E-state index contributed by atoms with van der Waals surface area (Å²) >= 11 is 6.03. The lowest BCUT2D eigenvalue weighted by Gasteiger charge is -2.29. The van der Waals surface area contributed by atoms with Crippen LogP contribution in [0, 0.1) is 0 Å². The summed E-state index contributed by atoms with van der Waals surface area (Å²) in [5, 5.41) is 3.24. The lowest BCUT2D eigenvalue weighted by molar-refractivity contribution is -0.120. The maximum atomic E-state index is 13.5. The standard InChI is InChI=1S/C25H22ClN3O2/c1-16(2)29-21-14-7-6-13-20(21)22(17-9-4-3-5-10-17)27-23(25(29)31)28-24(30)18-11-8-12-19(26)15-18/h3-16,23H,1-2H3,(H,28,30)/t23-/m0/s1. The van der Waals surface area contributed by atoms with Crippen LogP contribution in [0.15, 0.2) is 83.9 Å². The number of aliphatic imine (C=N–C) groups is 1. The van der Waals surface area contributed by atoms with Crippen molar-refractivity contribution in [2.75, 3.05) is 4.90 Å². The quantitative estimate of drug-likeness (QED) is 0.651. The van der Waals surface area contributed by atoms with Gasteiger partial charge in [-0.3, -0.25) is 9.59 Å². The van der Waals surface area contributed by atoms with Gasteiger partial charge in [0, 0.05) is 27.8 Å². The monoisotopic (exact) mass is 431 g/mol. The van der Waals surface area contributed by atoms with E-state index in [4.69, 9.17) is 16.6 Å². The molecule has 0 fully saturated rings. The van der Waals surface area contributed by atoms with Crippen molar-refractivity contribution in [3.05, 3.63) is 101 Å². The predicted molar refractivity (Wildman–Crippen MR) is 124 cm³/mol. The van der Waals surface area contributed by atoms with Gasteiger partial charge in [0.1, 0.15) is 0 Å². The summed E-state index contributed by atoms with van der Waals surface area (Å²) < 4.78 is 0. The van der Waals surface area contributed by atoms with E-state index in [0.29, 0.717) is 16.3 Å². The number of anilines is 1. The zero-order valence-corrected chi connectivity index (χ0v) is 18.0. The van der Waals surface area contributed by atoms with Crippen LogP contribution < -0.4 is 10.2 Å². The summed E-state index contributed by atoms with van der Waals surface area (Å²) in [6, 6.07) is 23.8. The number of hydrogen-bond acceptors (Lipinski definition) is 3. The van der Waals surface area contributed by atoms with Crippen molar-refractivity contribution in [1.82, 2.24) is 5.32 Å². The third-order valence-electron chi connectivity index (χ3n) is 5.07. The number of fused-ring (bicyclic) bond motifs is 1. The second kappa shape index (κ2) is 8.74. The molecule has 0 aromatic heterocycles. The molecule has 31 heavy (non-hydrogen) atoms. The highest BCUT2D eigenvalue weighted by atomic mass is 35.5. The van der Waals surface area contributed by atoms with Gasteiger partial charge in [0.25, 0.3) is 11.8 Å². The zero-order valence-electron chi connectivity index (χ0n) is 17.2. The van der Waals surface area contributed by atoms with Gasteiger partial charge < -0.3 is 10.2 Å². The molecule has 1 atom stereocenters. The zero-order chi connectivity index (χ0) is 22.0. The van der Waals surface area contributed by atoms with Crippen LogP contribution in [-0.2, 0) is 4.79 Å². The second-order valence-electron chi connectivity index (χ2n) is 7.55. The summed E-state index contributed by atoms with van der Waals surface area (Å²) in [4.78, 5) is 32.9. The molecule has 1 N–H and O–H groups in total. The average molecular weight is 432 g/mol. The Morgan fingerprint density at radius 1 is 1.00 bits per heavy atom. The number of carbonyl (C=O) groups excluding carboxylic acids is 2. The number of carbonyl (C=O) groups is 2. The minimum absolute atomic E-state index is 0.121. The molecule has 0 aliphatic carbocycles. The van der Waals surface area contributed by atoms with Crippen LogP contribution in [0.4, 0.5) is 5.69 Å². The highest BCUT2D eigenvalue weighted by Gasteiger charge is 2.34. The molecule has 0 unspecified atom stereocenters. The van der Waals surface area contributed by atoms with E-state index in [0.717, 1.165) is 16.8 Å². The van der Waals surface area contributed by atoms with Crippen molar-refractivity contribution in [2.45, 2.75) is 26.1 Å². The summed E-state index contributed by atoms with van der Waals surface area (Å²) in [5.74, 6) is -0.699. The van der Waals surface area contributed by atoms with Crippen LogP contribution in [0.1, 0.15) is 35.3 Å². The van der Waals surface area contributed by atoms with E-state index in [2.05, 4.69) is 5.32 Å². The predicted octanol–water partition coefficient (Wildman–Crippen LogP) is 4.69. The number of halogens is 1. The fraction of sp³-hybridized carbons (Fsp3) is 0.160. The lowest BCUT2D eigenvalue weighted by Crippen LogP contribution is -2.49. The van der Waals surface area contributed by atoms with Crippen LogP contribution in [0.25, 0.3) is 0 Å². The van der Waals surface area contributed by atoms with Gasteiger partial charge in [-0.15, -0.1) is 0 Å². The molecule has 0 spiro atoms. The van der Waals surface area contributed by atoms with Gasteiger partial charge in [0.05, 0.1) is 11.4 Å². The fourth-order valence-electron chi connectivity index (χ4n) is 3.68. The maximum Gasteiger partial charge on any atom is 0.272 e. The first-order valence-electron chi connectivity index (χ1n) is 10.1.